The summed E-state index contributed by atoms with van der Waals surface area (Å²) in [5, 5.41) is 5.95. The van der Waals surface area contributed by atoms with Crippen LogP contribution < -0.4 is 10.6 Å². The van der Waals surface area contributed by atoms with Gasteiger partial charge in [0.2, 0.25) is 11.8 Å². The summed E-state index contributed by atoms with van der Waals surface area (Å²) in [6.45, 7) is 5.42. The zero-order valence-electron chi connectivity index (χ0n) is 15.2. The maximum atomic E-state index is 12.9. The number of carbonyl (C=O) groups excluding carboxylic acids is 2. The summed E-state index contributed by atoms with van der Waals surface area (Å²) in [5.41, 5.74) is 1.01. The molecule has 1 aromatic carbocycles. The number of carbonyl (C=O) groups is 2. The van der Waals surface area contributed by atoms with Crippen LogP contribution in [0.25, 0.3) is 0 Å². The van der Waals surface area contributed by atoms with Gasteiger partial charge in [-0.15, -0.1) is 0 Å². The van der Waals surface area contributed by atoms with E-state index >= 15 is 0 Å². The second-order valence-electron chi connectivity index (χ2n) is 7.36. The van der Waals surface area contributed by atoms with Gasteiger partial charge in [-0.25, -0.2) is 4.39 Å². The average molecular weight is 348 g/mol. The first kappa shape index (κ1) is 19.4. The molecule has 1 aliphatic rings. The smallest absolute Gasteiger partial charge is 0.223 e. The van der Waals surface area contributed by atoms with E-state index in [9.17, 15) is 14.0 Å². The molecule has 0 atom stereocenters. The highest BCUT2D eigenvalue weighted by Crippen LogP contribution is 2.29. The molecule has 2 N–H and O–H groups in total. The number of amides is 2. The summed E-state index contributed by atoms with van der Waals surface area (Å²) >= 11 is 0. The highest BCUT2D eigenvalue weighted by molar-refractivity contribution is 5.81. The van der Waals surface area contributed by atoms with Crippen LogP contribution in [0, 0.1) is 23.6 Å². The number of nitrogens with one attached hydrogen (secondary N) is 2. The summed E-state index contributed by atoms with van der Waals surface area (Å²) in [7, 11) is 0. The van der Waals surface area contributed by atoms with Crippen molar-refractivity contribution >= 4 is 11.8 Å². The van der Waals surface area contributed by atoms with Crippen LogP contribution in [-0.4, -0.2) is 24.9 Å². The van der Waals surface area contributed by atoms with Crippen molar-refractivity contribution in [2.75, 3.05) is 13.1 Å². The topological polar surface area (TPSA) is 58.2 Å². The molecule has 0 saturated heterocycles. The Balaban J connectivity index is 1.66. The fourth-order valence-corrected chi connectivity index (χ4v) is 3.19. The van der Waals surface area contributed by atoms with Gasteiger partial charge in [-0.1, -0.05) is 26.0 Å². The lowest BCUT2D eigenvalue weighted by atomic mass is 9.81. The first-order chi connectivity index (χ1) is 12.0. The van der Waals surface area contributed by atoms with Crippen molar-refractivity contribution in [3.8, 4) is 0 Å². The van der Waals surface area contributed by atoms with E-state index in [0.717, 1.165) is 31.2 Å². The Morgan fingerprint density at radius 2 is 1.52 bits per heavy atom. The van der Waals surface area contributed by atoms with Gasteiger partial charge in [-0.05, 0) is 55.7 Å². The van der Waals surface area contributed by atoms with Gasteiger partial charge in [0, 0.05) is 24.9 Å². The van der Waals surface area contributed by atoms with E-state index in [1.807, 2.05) is 0 Å². The summed E-state index contributed by atoms with van der Waals surface area (Å²) in [4.78, 5) is 24.4. The first-order valence-electron chi connectivity index (χ1n) is 9.25. The van der Waals surface area contributed by atoms with Crippen molar-refractivity contribution in [3.63, 3.8) is 0 Å². The molecule has 1 saturated carbocycles. The molecule has 0 bridgehead atoms. The van der Waals surface area contributed by atoms with E-state index in [-0.39, 0.29) is 29.5 Å². The third-order valence-corrected chi connectivity index (χ3v) is 4.78. The van der Waals surface area contributed by atoms with Gasteiger partial charge in [0.05, 0.1) is 0 Å². The number of hydrogen-bond acceptors (Lipinski definition) is 2. The van der Waals surface area contributed by atoms with Crippen LogP contribution in [0.1, 0.15) is 45.1 Å². The molecule has 1 aliphatic carbocycles. The molecule has 1 aromatic rings. The van der Waals surface area contributed by atoms with Crippen molar-refractivity contribution in [1.29, 1.82) is 0 Å². The molecule has 5 heteroatoms. The summed E-state index contributed by atoms with van der Waals surface area (Å²) in [6.07, 6.45) is 3.78. The lowest BCUT2D eigenvalue weighted by Crippen LogP contribution is -2.38. The van der Waals surface area contributed by atoms with Crippen molar-refractivity contribution in [1.82, 2.24) is 10.6 Å². The Kier molecular flexibility index (Phi) is 7.41. The van der Waals surface area contributed by atoms with Crippen molar-refractivity contribution in [2.45, 2.75) is 46.0 Å². The lowest BCUT2D eigenvalue weighted by Gasteiger charge is -2.27. The monoisotopic (exact) mass is 348 g/mol. The highest BCUT2D eigenvalue weighted by atomic mass is 19.1. The Morgan fingerprint density at radius 1 is 1.00 bits per heavy atom. The Bertz CT molecular complexity index is 564. The standard InChI is InChI=1S/C20H29FN2O2/c1-14(2)13-23-20(25)17-7-5-16(6-8-17)19(24)22-12-11-15-3-9-18(21)10-4-15/h3-4,9-10,14,16-17H,5-8,11-13H2,1-2H3,(H,22,24)(H,23,25). The highest BCUT2D eigenvalue weighted by Gasteiger charge is 2.29. The van der Waals surface area contributed by atoms with Crippen LogP contribution >= 0.6 is 0 Å². The van der Waals surface area contributed by atoms with Crippen LogP contribution in [0.5, 0.6) is 0 Å². The second-order valence-corrected chi connectivity index (χ2v) is 7.36. The van der Waals surface area contributed by atoms with Crippen molar-refractivity contribution in [3.05, 3.63) is 35.6 Å². The molecule has 0 spiro atoms. The van der Waals surface area contributed by atoms with Crippen molar-refractivity contribution < 1.29 is 14.0 Å². The predicted molar refractivity (Wildman–Crippen MR) is 96.4 cm³/mol. The van der Waals surface area contributed by atoms with Crippen LogP contribution in [0.3, 0.4) is 0 Å². The summed E-state index contributed by atoms with van der Waals surface area (Å²) in [5.74, 6) is 0.450. The maximum Gasteiger partial charge on any atom is 0.223 e. The average Bonchev–Trinajstić information content (AvgIpc) is 2.61. The summed E-state index contributed by atoms with van der Waals surface area (Å²) in [6, 6.07) is 6.34. The van der Waals surface area contributed by atoms with E-state index < -0.39 is 0 Å². The molecule has 2 amide bonds. The van der Waals surface area contributed by atoms with Crippen LogP contribution in [0.4, 0.5) is 4.39 Å². The third kappa shape index (κ3) is 6.48. The zero-order chi connectivity index (χ0) is 18.2. The van der Waals surface area contributed by atoms with Gasteiger partial charge in [0.1, 0.15) is 5.82 Å². The quantitative estimate of drug-likeness (QED) is 0.796. The molecule has 0 radical (unpaired) electrons. The molecule has 25 heavy (non-hydrogen) atoms. The minimum atomic E-state index is -0.248. The maximum absolute atomic E-state index is 12.9. The fourth-order valence-electron chi connectivity index (χ4n) is 3.19. The van der Waals surface area contributed by atoms with Gasteiger partial charge < -0.3 is 10.6 Å². The predicted octanol–water partition coefficient (Wildman–Crippen LogP) is 3.06. The lowest BCUT2D eigenvalue weighted by molar-refractivity contribution is -0.130. The molecular weight excluding hydrogens is 319 g/mol. The van der Waals surface area contributed by atoms with E-state index in [4.69, 9.17) is 0 Å². The van der Waals surface area contributed by atoms with Gasteiger partial charge in [0.15, 0.2) is 0 Å². The van der Waals surface area contributed by atoms with Gasteiger partial charge in [-0.3, -0.25) is 9.59 Å². The van der Waals surface area contributed by atoms with E-state index in [0.29, 0.717) is 25.4 Å². The first-order valence-corrected chi connectivity index (χ1v) is 9.25. The molecule has 138 valence electrons. The van der Waals surface area contributed by atoms with Gasteiger partial charge in [-0.2, -0.15) is 0 Å². The number of benzene rings is 1. The van der Waals surface area contributed by atoms with Gasteiger partial charge in [0.25, 0.3) is 0 Å². The molecule has 2 rings (SSSR count). The minimum absolute atomic E-state index is 0.00219. The molecular formula is C20H29FN2O2. The molecule has 0 aliphatic heterocycles. The molecule has 0 aromatic heterocycles. The number of rotatable bonds is 7. The largest absolute Gasteiger partial charge is 0.356 e. The number of halogens is 1. The number of hydrogen-bond donors (Lipinski definition) is 2. The Morgan fingerprint density at radius 3 is 2.04 bits per heavy atom. The van der Waals surface area contributed by atoms with Crippen LogP contribution in [0.2, 0.25) is 0 Å². The second kappa shape index (κ2) is 9.54. The fraction of sp³-hybridized carbons (Fsp3) is 0.600. The molecule has 1 fully saturated rings. The normalized spacial score (nSPS) is 20.3. The van der Waals surface area contributed by atoms with E-state index in [2.05, 4.69) is 24.5 Å². The zero-order valence-corrected chi connectivity index (χ0v) is 15.2. The van der Waals surface area contributed by atoms with Gasteiger partial charge >= 0.3 is 0 Å². The Hall–Kier alpha value is -1.91. The SMILES string of the molecule is CC(C)CNC(=O)C1CCC(C(=O)NCCc2ccc(F)cc2)CC1. The van der Waals surface area contributed by atoms with E-state index in [1.54, 1.807) is 12.1 Å². The minimum Gasteiger partial charge on any atom is -0.356 e. The Labute approximate surface area is 149 Å². The molecule has 0 unspecified atom stereocenters. The summed E-state index contributed by atoms with van der Waals surface area (Å²) < 4.78 is 12.9. The molecule has 4 nitrogen and oxygen atoms in total. The third-order valence-electron chi connectivity index (χ3n) is 4.78. The van der Waals surface area contributed by atoms with E-state index in [1.165, 1.54) is 12.1 Å². The van der Waals surface area contributed by atoms with Crippen LogP contribution in [0.15, 0.2) is 24.3 Å². The van der Waals surface area contributed by atoms with Crippen molar-refractivity contribution in [2.24, 2.45) is 17.8 Å². The molecule has 0 heterocycles. The van der Waals surface area contributed by atoms with Crippen LogP contribution in [-0.2, 0) is 16.0 Å².